The van der Waals surface area contributed by atoms with Gasteiger partial charge in [0.1, 0.15) is 11.5 Å². The Morgan fingerprint density at radius 1 is 1.14 bits per heavy atom. The lowest BCUT2D eigenvalue weighted by molar-refractivity contribution is -0.137. The first-order chi connectivity index (χ1) is 13.3. The maximum atomic E-state index is 11.5. The van der Waals surface area contributed by atoms with Crippen molar-refractivity contribution in [2.45, 2.75) is 17.4 Å². The number of aliphatic carboxylic acids is 1. The fraction of sp³-hybridized carbons (Fsp3) is 0.350. The third-order valence-electron chi connectivity index (χ3n) is 4.53. The van der Waals surface area contributed by atoms with Crippen molar-refractivity contribution in [2.75, 3.05) is 32.5 Å². The monoisotopic (exact) mass is 441 g/mol. The van der Waals surface area contributed by atoms with Gasteiger partial charge in [0.25, 0.3) is 0 Å². The number of ether oxygens (including phenoxy) is 2. The van der Waals surface area contributed by atoms with E-state index in [9.17, 15) is 13.2 Å². The number of rotatable bonds is 7. The average molecular weight is 442 g/mol. The molecule has 1 heterocycles. The quantitative estimate of drug-likeness (QED) is 0.705. The number of halogens is 1. The average Bonchev–Trinajstić information content (AvgIpc) is 2.67. The molecule has 2 aromatic carbocycles. The Kier molecular flexibility index (Phi) is 8.04. The van der Waals surface area contributed by atoms with Gasteiger partial charge in [0, 0.05) is 25.9 Å². The molecule has 0 amide bonds. The fourth-order valence-corrected chi connectivity index (χ4v) is 3.63. The maximum Gasteiger partial charge on any atom is 0.304 e. The van der Waals surface area contributed by atoms with Gasteiger partial charge in [0.15, 0.2) is 9.84 Å². The Bertz CT molecular complexity index is 915. The van der Waals surface area contributed by atoms with Crippen LogP contribution in [0.1, 0.15) is 18.1 Å². The molecule has 0 spiro atoms. The van der Waals surface area contributed by atoms with Gasteiger partial charge in [0.2, 0.25) is 0 Å². The maximum absolute atomic E-state index is 11.5. The van der Waals surface area contributed by atoms with Crippen molar-refractivity contribution in [3.05, 3.63) is 54.1 Å². The molecule has 158 valence electrons. The summed E-state index contributed by atoms with van der Waals surface area (Å²) in [6, 6.07) is 13.8. The first kappa shape index (κ1) is 23.2. The number of sulfone groups is 1. The molecule has 29 heavy (non-hydrogen) atoms. The van der Waals surface area contributed by atoms with Crippen molar-refractivity contribution < 1.29 is 27.8 Å². The molecule has 1 aliphatic rings. The van der Waals surface area contributed by atoms with Crippen molar-refractivity contribution in [2.24, 2.45) is 0 Å². The zero-order chi connectivity index (χ0) is 20.1. The van der Waals surface area contributed by atoms with Gasteiger partial charge in [0.05, 0.1) is 24.0 Å². The van der Waals surface area contributed by atoms with Gasteiger partial charge in [-0.25, -0.2) is 8.42 Å². The molecule has 3 rings (SSSR count). The zero-order valence-electron chi connectivity index (χ0n) is 16.0. The molecule has 1 saturated heterocycles. The number of nitrogens with zero attached hydrogens (tertiary/aromatic N) is 1. The Hall–Kier alpha value is -2.13. The molecule has 1 unspecified atom stereocenters. The molecule has 1 aliphatic heterocycles. The summed E-state index contributed by atoms with van der Waals surface area (Å²) >= 11 is 0. The molecule has 2 aromatic rings. The van der Waals surface area contributed by atoms with Crippen LogP contribution in [0.4, 0.5) is 0 Å². The molecule has 7 nitrogen and oxygen atoms in total. The van der Waals surface area contributed by atoms with Crippen LogP contribution in [0.3, 0.4) is 0 Å². The highest BCUT2D eigenvalue weighted by Crippen LogP contribution is 2.27. The van der Waals surface area contributed by atoms with E-state index in [-0.39, 0.29) is 29.8 Å². The lowest BCUT2D eigenvalue weighted by Crippen LogP contribution is -2.39. The number of hydrogen-bond acceptors (Lipinski definition) is 6. The SMILES string of the molecule is CS(=O)(=O)c1ccc(Oc2ccc(C3CN(CCC(=O)O)CCO3)cc2)cc1.Cl. The second kappa shape index (κ2) is 10.1. The predicted molar refractivity (Wildman–Crippen MR) is 111 cm³/mol. The summed E-state index contributed by atoms with van der Waals surface area (Å²) in [5.74, 6) is 0.387. The minimum Gasteiger partial charge on any atom is -0.481 e. The van der Waals surface area contributed by atoms with Crippen LogP contribution in [0, 0.1) is 0 Å². The third-order valence-corrected chi connectivity index (χ3v) is 5.66. The highest BCUT2D eigenvalue weighted by molar-refractivity contribution is 7.90. The van der Waals surface area contributed by atoms with Gasteiger partial charge in [-0.05, 0) is 42.0 Å². The van der Waals surface area contributed by atoms with Gasteiger partial charge in [-0.2, -0.15) is 0 Å². The molecule has 1 atom stereocenters. The van der Waals surface area contributed by atoms with Crippen molar-refractivity contribution in [1.29, 1.82) is 0 Å². The lowest BCUT2D eigenvalue weighted by atomic mass is 10.1. The summed E-state index contributed by atoms with van der Waals surface area (Å²) in [6.45, 7) is 2.46. The Morgan fingerprint density at radius 3 is 2.28 bits per heavy atom. The summed E-state index contributed by atoms with van der Waals surface area (Å²) in [7, 11) is -3.23. The smallest absolute Gasteiger partial charge is 0.304 e. The second-order valence-corrected chi connectivity index (χ2v) is 8.73. The summed E-state index contributed by atoms with van der Waals surface area (Å²) in [6.07, 6.45) is 1.18. The van der Waals surface area contributed by atoms with Crippen LogP contribution in [0.5, 0.6) is 11.5 Å². The second-order valence-electron chi connectivity index (χ2n) is 6.72. The minimum atomic E-state index is -3.23. The normalized spacial score (nSPS) is 17.3. The van der Waals surface area contributed by atoms with Crippen LogP contribution in [-0.2, 0) is 19.4 Å². The van der Waals surface area contributed by atoms with Crippen molar-refractivity contribution >= 4 is 28.2 Å². The molecule has 0 bridgehead atoms. The van der Waals surface area contributed by atoms with Gasteiger partial charge in [-0.15, -0.1) is 12.4 Å². The van der Waals surface area contributed by atoms with Gasteiger partial charge >= 0.3 is 5.97 Å². The molecule has 1 N–H and O–H groups in total. The first-order valence-electron chi connectivity index (χ1n) is 8.95. The van der Waals surface area contributed by atoms with E-state index in [1.807, 2.05) is 24.3 Å². The van der Waals surface area contributed by atoms with E-state index < -0.39 is 15.8 Å². The van der Waals surface area contributed by atoms with E-state index in [2.05, 4.69) is 4.90 Å². The molecule has 0 radical (unpaired) electrons. The van der Waals surface area contributed by atoms with Crippen LogP contribution in [0.2, 0.25) is 0 Å². The molecule has 0 saturated carbocycles. The fourth-order valence-electron chi connectivity index (χ4n) is 3.00. The van der Waals surface area contributed by atoms with Gasteiger partial charge in [-0.3, -0.25) is 9.69 Å². The van der Waals surface area contributed by atoms with Crippen LogP contribution in [0.25, 0.3) is 0 Å². The highest BCUT2D eigenvalue weighted by atomic mass is 35.5. The standard InChI is InChI=1S/C20H23NO6S.ClH/c1-28(24,25)18-8-6-17(7-9-18)27-16-4-2-15(3-5-16)19-14-21(12-13-26-19)11-10-20(22)23;/h2-9,19H,10-14H2,1H3,(H,22,23);1H. The first-order valence-corrected chi connectivity index (χ1v) is 10.8. The van der Waals surface area contributed by atoms with E-state index in [4.69, 9.17) is 14.6 Å². The van der Waals surface area contributed by atoms with E-state index >= 15 is 0 Å². The number of hydrogen-bond donors (Lipinski definition) is 1. The summed E-state index contributed by atoms with van der Waals surface area (Å²) in [4.78, 5) is 13.1. The Labute approximate surface area is 176 Å². The topological polar surface area (TPSA) is 93.1 Å². The van der Waals surface area contributed by atoms with E-state index in [0.29, 0.717) is 31.2 Å². The number of carboxylic acids is 1. The zero-order valence-corrected chi connectivity index (χ0v) is 17.6. The summed E-state index contributed by atoms with van der Waals surface area (Å²) in [5, 5.41) is 8.83. The van der Waals surface area contributed by atoms with Gasteiger partial charge in [-0.1, -0.05) is 12.1 Å². The largest absolute Gasteiger partial charge is 0.481 e. The minimum absolute atomic E-state index is 0. The molecule has 0 aliphatic carbocycles. The third kappa shape index (κ3) is 6.71. The van der Waals surface area contributed by atoms with Crippen LogP contribution < -0.4 is 4.74 Å². The Balaban J connectivity index is 0.00000300. The highest BCUT2D eigenvalue weighted by Gasteiger charge is 2.22. The Morgan fingerprint density at radius 2 is 1.72 bits per heavy atom. The van der Waals surface area contributed by atoms with Crippen molar-refractivity contribution in [3.8, 4) is 11.5 Å². The number of benzene rings is 2. The van der Waals surface area contributed by atoms with Crippen LogP contribution in [0.15, 0.2) is 53.4 Å². The molecular formula is C20H24ClNO6S. The van der Waals surface area contributed by atoms with Crippen LogP contribution >= 0.6 is 12.4 Å². The van der Waals surface area contributed by atoms with Gasteiger partial charge < -0.3 is 14.6 Å². The van der Waals surface area contributed by atoms with E-state index in [0.717, 1.165) is 18.4 Å². The van der Waals surface area contributed by atoms with E-state index in [1.165, 1.54) is 12.1 Å². The number of carboxylic acid groups (broad SMARTS) is 1. The van der Waals surface area contributed by atoms with Crippen molar-refractivity contribution in [1.82, 2.24) is 4.90 Å². The molecule has 9 heteroatoms. The number of carbonyl (C=O) groups is 1. The molecule has 1 fully saturated rings. The molecule has 0 aromatic heterocycles. The predicted octanol–water partition coefficient (Wildman–Crippen LogP) is 3.15. The summed E-state index contributed by atoms with van der Waals surface area (Å²) < 4.78 is 34.6. The summed E-state index contributed by atoms with van der Waals surface area (Å²) in [5.41, 5.74) is 1.000. The lowest BCUT2D eigenvalue weighted by Gasteiger charge is -2.32. The number of morpholine rings is 1. The van der Waals surface area contributed by atoms with E-state index in [1.54, 1.807) is 12.1 Å². The van der Waals surface area contributed by atoms with Crippen LogP contribution in [-0.4, -0.2) is 56.9 Å². The van der Waals surface area contributed by atoms with Crippen molar-refractivity contribution in [3.63, 3.8) is 0 Å². The molecular weight excluding hydrogens is 418 g/mol.